The molecule has 0 saturated carbocycles. The SMILES string of the molecule is NCCCC[C@H](N)C(=O)N[C@@H](Cc1ccc(F)cc1)C(=O)O. The first-order valence-corrected chi connectivity index (χ1v) is 7.17. The average molecular weight is 311 g/mol. The highest BCUT2D eigenvalue weighted by Crippen LogP contribution is 2.07. The number of hydrogen-bond donors (Lipinski definition) is 4. The van der Waals surface area contributed by atoms with Crippen LogP contribution in [0.2, 0.25) is 0 Å². The van der Waals surface area contributed by atoms with Gasteiger partial charge in [-0.2, -0.15) is 0 Å². The lowest BCUT2D eigenvalue weighted by atomic mass is 10.0. The molecule has 0 unspecified atom stereocenters. The van der Waals surface area contributed by atoms with Crippen molar-refractivity contribution in [2.24, 2.45) is 11.5 Å². The van der Waals surface area contributed by atoms with E-state index in [9.17, 15) is 19.1 Å². The number of benzene rings is 1. The average Bonchev–Trinajstić information content (AvgIpc) is 2.48. The van der Waals surface area contributed by atoms with E-state index in [0.29, 0.717) is 24.9 Å². The predicted molar refractivity (Wildman–Crippen MR) is 80.6 cm³/mol. The first-order valence-electron chi connectivity index (χ1n) is 7.17. The van der Waals surface area contributed by atoms with E-state index in [1.807, 2.05) is 0 Å². The van der Waals surface area contributed by atoms with Crippen molar-refractivity contribution in [3.8, 4) is 0 Å². The van der Waals surface area contributed by atoms with E-state index in [-0.39, 0.29) is 6.42 Å². The first-order chi connectivity index (χ1) is 10.4. The van der Waals surface area contributed by atoms with Gasteiger partial charge in [-0.1, -0.05) is 18.6 Å². The Labute approximate surface area is 128 Å². The van der Waals surface area contributed by atoms with E-state index >= 15 is 0 Å². The molecule has 1 amide bonds. The molecule has 6 nitrogen and oxygen atoms in total. The van der Waals surface area contributed by atoms with Gasteiger partial charge in [0.05, 0.1) is 6.04 Å². The summed E-state index contributed by atoms with van der Waals surface area (Å²) in [4.78, 5) is 23.1. The second-order valence-corrected chi connectivity index (χ2v) is 5.12. The summed E-state index contributed by atoms with van der Waals surface area (Å²) in [5.41, 5.74) is 11.7. The second-order valence-electron chi connectivity index (χ2n) is 5.12. The van der Waals surface area contributed by atoms with Crippen LogP contribution in [0, 0.1) is 5.82 Å². The normalized spacial score (nSPS) is 13.4. The number of halogens is 1. The van der Waals surface area contributed by atoms with Crippen LogP contribution in [0.1, 0.15) is 24.8 Å². The molecule has 0 aliphatic heterocycles. The van der Waals surface area contributed by atoms with Crippen LogP contribution < -0.4 is 16.8 Å². The van der Waals surface area contributed by atoms with Crippen molar-refractivity contribution in [2.45, 2.75) is 37.8 Å². The summed E-state index contributed by atoms with van der Waals surface area (Å²) in [6, 6.07) is 3.60. The summed E-state index contributed by atoms with van der Waals surface area (Å²) in [5.74, 6) is -2.07. The fourth-order valence-corrected chi connectivity index (χ4v) is 1.97. The standard InChI is InChI=1S/C15H22FN3O3/c16-11-6-4-10(5-7-11)9-13(15(21)22)19-14(20)12(18)3-1-2-8-17/h4-7,12-13H,1-3,8-9,17-18H2,(H,19,20)(H,21,22)/t12-,13-/m0/s1. The molecule has 1 rings (SSSR count). The number of carboxylic acids is 1. The minimum atomic E-state index is -1.16. The molecule has 0 spiro atoms. The Morgan fingerprint density at radius 2 is 1.86 bits per heavy atom. The molecule has 22 heavy (non-hydrogen) atoms. The van der Waals surface area contributed by atoms with Gasteiger partial charge in [0.15, 0.2) is 0 Å². The molecule has 2 atom stereocenters. The van der Waals surface area contributed by atoms with Gasteiger partial charge in [-0.25, -0.2) is 9.18 Å². The maximum atomic E-state index is 12.8. The number of carbonyl (C=O) groups is 2. The van der Waals surface area contributed by atoms with Crippen LogP contribution in [0.3, 0.4) is 0 Å². The highest BCUT2D eigenvalue weighted by atomic mass is 19.1. The zero-order valence-corrected chi connectivity index (χ0v) is 12.3. The molecule has 0 heterocycles. The van der Waals surface area contributed by atoms with Gasteiger partial charge < -0.3 is 21.9 Å². The maximum absolute atomic E-state index is 12.8. The highest BCUT2D eigenvalue weighted by molar-refractivity contribution is 5.86. The Morgan fingerprint density at radius 3 is 2.41 bits per heavy atom. The zero-order valence-electron chi connectivity index (χ0n) is 12.3. The van der Waals surface area contributed by atoms with Crippen LogP contribution in [0.4, 0.5) is 4.39 Å². The summed E-state index contributed by atoms with van der Waals surface area (Å²) in [6.07, 6.45) is 1.99. The number of carboxylic acid groups (broad SMARTS) is 1. The molecule has 1 aromatic carbocycles. The van der Waals surface area contributed by atoms with Gasteiger partial charge in [-0.15, -0.1) is 0 Å². The van der Waals surface area contributed by atoms with E-state index in [4.69, 9.17) is 11.5 Å². The molecule has 0 saturated heterocycles. The molecule has 0 fully saturated rings. The van der Waals surface area contributed by atoms with Crippen LogP contribution in [0.25, 0.3) is 0 Å². The minimum absolute atomic E-state index is 0.0663. The molecule has 0 aromatic heterocycles. The van der Waals surface area contributed by atoms with E-state index in [1.54, 1.807) is 0 Å². The Kier molecular flexibility index (Phi) is 7.48. The van der Waals surface area contributed by atoms with Gasteiger partial charge in [-0.05, 0) is 37.1 Å². The van der Waals surface area contributed by atoms with Gasteiger partial charge in [0.2, 0.25) is 5.91 Å². The van der Waals surface area contributed by atoms with Crippen molar-refractivity contribution in [3.63, 3.8) is 0 Å². The molecule has 0 radical (unpaired) electrons. The van der Waals surface area contributed by atoms with E-state index in [2.05, 4.69) is 5.32 Å². The van der Waals surface area contributed by atoms with Gasteiger partial charge in [0.25, 0.3) is 0 Å². The molecule has 1 aromatic rings. The van der Waals surface area contributed by atoms with Gasteiger partial charge >= 0.3 is 5.97 Å². The largest absolute Gasteiger partial charge is 0.480 e. The highest BCUT2D eigenvalue weighted by Gasteiger charge is 2.23. The lowest BCUT2D eigenvalue weighted by molar-refractivity contribution is -0.142. The molecular weight excluding hydrogens is 289 g/mol. The summed E-state index contributed by atoms with van der Waals surface area (Å²) >= 11 is 0. The third kappa shape index (κ3) is 6.19. The number of nitrogens with two attached hydrogens (primary N) is 2. The lowest BCUT2D eigenvalue weighted by Crippen LogP contribution is -2.49. The van der Waals surface area contributed by atoms with Crippen molar-refractivity contribution in [1.82, 2.24) is 5.32 Å². The fraction of sp³-hybridized carbons (Fsp3) is 0.467. The van der Waals surface area contributed by atoms with Crippen molar-refractivity contribution in [1.29, 1.82) is 0 Å². The number of unbranched alkanes of at least 4 members (excludes halogenated alkanes) is 1. The first kappa shape index (κ1) is 18.1. The third-order valence-corrected chi connectivity index (χ3v) is 3.27. The molecule has 7 heteroatoms. The quantitative estimate of drug-likeness (QED) is 0.492. The summed E-state index contributed by atoms with van der Waals surface area (Å²) in [5, 5.41) is 11.6. The number of rotatable bonds is 9. The molecule has 0 bridgehead atoms. The van der Waals surface area contributed by atoms with E-state index < -0.39 is 29.8 Å². The Morgan fingerprint density at radius 1 is 1.23 bits per heavy atom. The number of carbonyl (C=O) groups excluding carboxylic acids is 1. The van der Waals surface area contributed by atoms with Crippen molar-refractivity contribution in [2.75, 3.05) is 6.54 Å². The summed E-state index contributed by atoms with van der Waals surface area (Å²) < 4.78 is 12.8. The number of aliphatic carboxylic acids is 1. The minimum Gasteiger partial charge on any atom is -0.480 e. The predicted octanol–water partition coefficient (Wildman–Crippen LogP) is 0.394. The number of amides is 1. The topological polar surface area (TPSA) is 118 Å². The molecule has 122 valence electrons. The van der Waals surface area contributed by atoms with Gasteiger partial charge in [0, 0.05) is 6.42 Å². The molecular formula is C15H22FN3O3. The van der Waals surface area contributed by atoms with E-state index in [0.717, 1.165) is 6.42 Å². The lowest BCUT2D eigenvalue weighted by Gasteiger charge is -2.18. The van der Waals surface area contributed by atoms with Crippen LogP contribution in [0.5, 0.6) is 0 Å². The van der Waals surface area contributed by atoms with Crippen molar-refractivity contribution >= 4 is 11.9 Å². The van der Waals surface area contributed by atoms with Crippen LogP contribution in [-0.2, 0) is 16.0 Å². The summed E-state index contributed by atoms with van der Waals surface area (Å²) in [6.45, 7) is 0.524. The third-order valence-electron chi connectivity index (χ3n) is 3.27. The van der Waals surface area contributed by atoms with Crippen LogP contribution >= 0.6 is 0 Å². The van der Waals surface area contributed by atoms with Crippen molar-refractivity contribution < 1.29 is 19.1 Å². The summed E-state index contributed by atoms with van der Waals surface area (Å²) in [7, 11) is 0. The Balaban J connectivity index is 2.58. The molecule has 0 aliphatic rings. The van der Waals surface area contributed by atoms with E-state index in [1.165, 1.54) is 24.3 Å². The van der Waals surface area contributed by atoms with Crippen molar-refractivity contribution in [3.05, 3.63) is 35.6 Å². The van der Waals surface area contributed by atoms with Gasteiger partial charge in [0.1, 0.15) is 11.9 Å². The second kappa shape index (κ2) is 9.11. The number of nitrogens with one attached hydrogen (secondary N) is 1. The Hall–Kier alpha value is -1.99. The monoisotopic (exact) mass is 311 g/mol. The van der Waals surface area contributed by atoms with Gasteiger partial charge in [-0.3, -0.25) is 4.79 Å². The fourth-order valence-electron chi connectivity index (χ4n) is 1.97. The van der Waals surface area contributed by atoms with Crippen LogP contribution in [0.15, 0.2) is 24.3 Å². The number of hydrogen-bond acceptors (Lipinski definition) is 4. The zero-order chi connectivity index (χ0) is 16.5. The molecule has 0 aliphatic carbocycles. The molecule has 6 N–H and O–H groups in total. The Bertz CT molecular complexity index is 493. The smallest absolute Gasteiger partial charge is 0.326 e. The van der Waals surface area contributed by atoms with Crippen LogP contribution in [-0.4, -0.2) is 35.6 Å². The maximum Gasteiger partial charge on any atom is 0.326 e.